The minimum Gasteiger partial charge on any atom is -0.466 e. The average Bonchev–Trinajstić information content (AvgIpc) is 2.79. The van der Waals surface area contributed by atoms with Crippen LogP contribution in [-0.4, -0.2) is 5.91 Å². The molecule has 0 saturated heterocycles. The van der Waals surface area contributed by atoms with E-state index < -0.39 is 0 Å². The first kappa shape index (κ1) is 15.3. The van der Waals surface area contributed by atoms with Gasteiger partial charge < -0.3 is 9.73 Å². The van der Waals surface area contributed by atoms with Crippen molar-refractivity contribution in [2.75, 3.05) is 0 Å². The second kappa shape index (κ2) is 5.92. The molecule has 0 bridgehead atoms. The predicted octanol–water partition coefficient (Wildman–Crippen LogP) is 4.85. The minimum absolute atomic E-state index is 0.0809. The van der Waals surface area contributed by atoms with Crippen molar-refractivity contribution in [1.82, 2.24) is 5.32 Å². The molecule has 1 N–H and O–H groups in total. The van der Waals surface area contributed by atoms with Crippen LogP contribution in [0.15, 0.2) is 46.9 Å². The highest BCUT2D eigenvalue weighted by Gasteiger charge is 2.20. The van der Waals surface area contributed by atoms with E-state index in [0.717, 1.165) is 16.9 Å². The third-order valence-corrected chi connectivity index (χ3v) is 4.43. The molecular formula is C20H21NO2. The molecule has 0 saturated carbocycles. The van der Waals surface area contributed by atoms with Gasteiger partial charge in [0.2, 0.25) is 0 Å². The lowest BCUT2D eigenvalue weighted by molar-refractivity contribution is 0.0938. The smallest absolute Gasteiger partial charge is 0.255 e. The molecule has 0 aliphatic heterocycles. The molecule has 0 fully saturated rings. The summed E-state index contributed by atoms with van der Waals surface area (Å²) in [4.78, 5) is 12.6. The summed E-state index contributed by atoms with van der Waals surface area (Å²) >= 11 is 0. The number of amides is 1. The van der Waals surface area contributed by atoms with E-state index in [-0.39, 0.29) is 11.9 Å². The number of carbonyl (C=O) groups excluding carboxylic acids is 1. The quantitative estimate of drug-likeness (QED) is 0.751. The fourth-order valence-corrected chi connectivity index (χ4v) is 3.10. The highest BCUT2D eigenvalue weighted by molar-refractivity contribution is 5.97. The van der Waals surface area contributed by atoms with Crippen LogP contribution in [0.3, 0.4) is 0 Å². The molecule has 23 heavy (non-hydrogen) atoms. The number of rotatable bonds is 3. The molecule has 0 aliphatic carbocycles. The monoisotopic (exact) mass is 307 g/mol. The molecule has 3 nitrogen and oxygen atoms in total. The van der Waals surface area contributed by atoms with Gasteiger partial charge in [0.05, 0.1) is 11.6 Å². The molecule has 3 heteroatoms. The summed E-state index contributed by atoms with van der Waals surface area (Å²) < 4.78 is 5.56. The van der Waals surface area contributed by atoms with E-state index in [1.54, 1.807) is 0 Å². The summed E-state index contributed by atoms with van der Waals surface area (Å²) in [5.74, 6) is 1.38. The van der Waals surface area contributed by atoms with Gasteiger partial charge in [0, 0.05) is 5.56 Å². The lowest BCUT2D eigenvalue weighted by Crippen LogP contribution is -2.27. The molecular weight excluding hydrogens is 286 g/mol. The van der Waals surface area contributed by atoms with Gasteiger partial charge in [0.15, 0.2) is 0 Å². The van der Waals surface area contributed by atoms with Gasteiger partial charge in [-0.3, -0.25) is 4.79 Å². The summed E-state index contributed by atoms with van der Waals surface area (Å²) in [6.07, 6.45) is 0. The number of nitrogens with one attached hydrogen (secondary N) is 1. The van der Waals surface area contributed by atoms with E-state index in [9.17, 15) is 4.79 Å². The van der Waals surface area contributed by atoms with Crippen LogP contribution < -0.4 is 5.32 Å². The minimum atomic E-state index is -0.0858. The van der Waals surface area contributed by atoms with Crippen LogP contribution in [0.5, 0.6) is 0 Å². The van der Waals surface area contributed by atoms with E-state index in [1.807, 2.05) is 45.9 Å². The SMILES string of the molecule is Cc1oc(C)c(C(=O)N[C@H](C)c2cccc3ccccc23)c1C. The zero-order valence-electron chi connectivity index (χ0n) is 13.9. The van der Waals surface area contributed by atoms with Crippen molar-refractivity contribution < 1.29 is 9.21 Å². The summed E-state index contributed by atoms with van der Waals surface area (Å²) in [6.45, 7) is 7.64. The van der Waals surface area contributed by atoms with Crippen LogP contribution in [0, 0.1) is 20.8 Å². The Balaban J connectivity index is 1.92. The van der Waals surface area contributed by atoms with E-state index in [2.05, 4.69) is 29.6 Å². The Labute approximate surface area is 136 Å². The molecule has 0 aliphatic rings. The lowest BCUT2D eigenvalue weighted by Gasteiger charge is -2.17. The molecule has 3 aromatic rings. The van der Waals surface area contributed by atoms with Crippen LogP contribution in [0.2, 0.25) is 0 Å². The molecule has 1 heterocycles. The van der Waals surface area contributed by atoms with Gasteiger partial charge in [0.25, 0.3) is 5.91 Å². The third-order valence-electron chi connectivity index (χ3n) is 4.43. The van der Waals surface area contributed by atoms with Crippen molar-refractivity contribution >= 4 is 16.7 Å². The van der Waals surface area contributed by atoms with Crippen LogP contribution >= 0.6 is 0 Å². The summed E-state index contributed by atoms with van der Waals surface area (Å²) in [7, 11) is 0. The Hall–Kier alpha value is -2.55. The van der Waals surface area contributed by atoms with Gasteiger partial charge >= 0.3 is 0 Å². The maximum absolute atomic E-state index is 12.6. The zero-order chi connectivity index (χ0) is 16.6. The number of furan rings is 1. The van der Waals surface area contributed by atoms with Gasteiger partial charge in [-0.05, 0) is 44.0 Å². The fourth-order valence-electron chi connectivity index (χ4n) is 3.10. The summed E-state index contributed by atoms with van der Waals surface area (Å²) in [6, 6.07) is 14.3. The number of carbonyl (C=O) groups is 1. The summed E-state index contributed by atoms with van der Waals surface area (Å²) in [5, 5.41) is 5.45. The van der Waals surface area contributed by atoms with E-state index in [0.29, 0.717) is 11.3 Å². The van der Waals surface area contributed by atoms with Crippen molar-refractivity contribution in [3.05, 3.63) is 70.7 Å². The first-order valence-electron chi connectivity index (χ1n) is 7.84. The second-order valence-electron chi connectivity index (χ2n) is 5.98. The largest absolute Gasteiger partial charge is 0.466 e. The Morgan fingerprint density at radius 2 is 1.70 bits per heavy atom. The van der Waals surface area contributed by atoms with Crippen molar-refractivity contribution in [3.63, 3.8) is 0 Å². The molecule has 3 rings (SSSR count). The predicted molar refractivity (Wildman–Crippen MR) is 92.7 cm³/mol. The summed E-state index contributed by atoms with van der Waals surface area (Å²) in [5.41, 5.74) is 2.67. The normalized spacial score (nSPS) is 12.3. The molecule has 0 unspecified atom stereocenters. The van der Waals surface area contributed by atoms with Gasteiger partial charge in [-0.2, -0.15) is 0 Å². The maximum Gasteiger partial charge on any atom is 0.255 e. The number of benzene rings is 2. The maximum atomic E-state index is 12.6. The molecule has 2 aromatic carbocycles. The molecule has 1 amide bonds. The van der Waals surface area contributed by atoms with Crippen LogP contribution in [0.4, 0.5) is 0 Å². The van der Waals surface area contributed by atoms with Crippen molar-refractivity contribution in [2.24, 2.45) is 0 Å². The highest BCUT2D eigenvalue weighted by atomic mass is 16.3. The highest BCUT2D eigenvalue weighted by Crippen LogP contribution is 2.26. The zero-order valence-corrected chi connectivity index (χ0v) is 13.9. The van der Waals surface area contributed by atoms with Crippen LogP contribution in [-0.2, 0) is 0 Å². The van der Waals surface area contributed by atoms with Crippen molar-refractivity contribution in [1.29, 1.82) is 0 Å². The topological polar surface area (TPSA) is 42.2 Å². The Kier molecular flexibility index (Phi) is 3.95. The van der Waals surface area contributed by atoms with Crippen LogP contribution in [0.25, 0.3) is 10.8 Å². The Morgan fingerprint density at radius 1 is 1.00 bits per heavy atom. The number of aryl methyl sites for hydroxylation is 2. The Bertz CT molecular complexity index is 871. The lowest BCUT2D eigenvalue weighted by atomic mass is 9.99. The van der Waals surface area contributed by atoms with Gasteiger partial charge in [0.1, 0.15) is 11.5 Å². The number of hydrogen-bond acceptors (Lipinski definition) is 2. The number of fused-ring (bicyclic) bond motifs is 1. The molecule has 0 radical (unpaired) electrons. The Morgan fingerprint density at radius 3 is 2.39 bits per heavy atom. The van der Waals surface area contributed by atoms with Crippen molar-refractivity contribution in [3.8, 4) is 0 Å². The molecule has 1 atom stereocenters. The molecule has 1 aromatic heterocycles. The van der Waals surface area contributed by atoms with E-state index in [1.165, 1.54) is 10.8 Å². The first-order chi connectivity index (χ1) is 11.0. The molecule has 118 valence electrons. The second-order valence-corrected chi connectivity index (χ2v) is 5.98. The third kappa shape index (κ3) is 2.74. The molecule has 0 spiro atoms. The van der Waals surface area contributed by atoms with E-state index in [4.69, 9.17) is 4.42 Å². The van der Waals surface area contributed by atoms with Crippen molar-refractivity contribution in [2.45, 2.75) is 33.7 Å². The standard InChI is InChI=1S/C20H21NO2/c1-12-14(3)23-15(4)19(12)20(22)21-13(2)17-11-7-9-16-8-5-6-10-18(16)17/h5-11,13H,1-4H3,(H,21,22)/t13-/m1/s1. The van der Waals surface area contributed by atoms with Gasteiger partial charge in [-0.15, -0.1) is 0 Å². The number of hydrogen-bond donors (Lipinski definition) is 1. The average molecular weight is 307 g/mol. The first-order valence-corrected chi connectivity index (χ1v) is 7.84. The van der Waals surface area contributed by atoms with E-state index >= 15 is 0 Å². The van der Waals surface area contributed by atoms with Gasteiger partial charge in [-0.25, -0.2) is 0 Å². The van der Waals surface area contributed by atoms with Crippen LogP contribution in [0.1, 0.15) is 46.0 Å². The fraction of sp³-hybridized carbons (Fsp3) is 0.250. The van der Waals surface area contributed by atoms with Gasteiger partial charge in [-0.1, -0.05) is 42.5 Å².